The number of ether oxygens (including phenoxy) is 1. The van der Waals surface area contributed by atoms with Crippen LogP contribution in [0.3, 0.4) is 0 Å². The van der Waals surface area contributed by atoms with Gasteiger partial charge >= 0.3 is 0 Å². The molecule has 0 N–H and O–H groups in total. The molecule has 0 saturated heterocycles. The Balaban J connectivity index is 0.977. The molecule has 9 aromatic carbocycles. The van der Waals surface area contributed by atoms with E-state index in [1.807, 2.05) is 23.9 Å². The Bertz CT molecular complexity index is 2990. The van der Waals surface area contributed by atoms with Gasteiger partial charge in [0.2, 0.25) is 0 Å². The van der Waals surface area contributed by atoms with Crippen LogP contribution in [0.5, 0.6) is 11.5 Å². The van der Waals surface area contributed by atoms with Crippen LogP contribution in [0.15, 0.2) is 228 Å². The highest BCUT2D eigenvalue weighted by Gasteiger charge is 2.28. The lowest BCUT2D eigenvalue weighted by Crippen LogP contribution is -2.16. The fraction of sp³-hybridized carbons (Fsp3) is 0.0182. The van der Waals surface area contributed by atoms with E-state index in [0.717, 1.165) is 62.4 Å². The summed E-state index contributed by atoms with van der Waals surface area (Å²) in [5, 5.41) is 0. The molecule has 0 unspecified atom stereocenters. The molecule has 0 bridgehead atoms. The molecular formula is C55H39N3OS. The van der Waals surface area contributed by atoms with Gasteiger partial charge in [-0.2, -0.15) is 0 Å². The van der Waals surface area contributed by atoms with Crippen molar-refractivity contribution in [2.24, 2.45) is 0 Å². The number of aryl methyl sites for hydroxylation is 1. The zero-order chi connectivity index (χ0) is 40.0. The molecule has 0 saturated carbocycles. The molecule has 4 nitrogen and oxygen atoms in total. The van der Waals surface area contributed by atoms with Crippen LogP contribution in [0.25, 0.3) is 22.3 Å². The summed E-state index contributed by atoms with van der Waals surface area (Å²) in [5.74, 6) is 1.67. The van der Waals surface area contributed by atoms with Crippen LogP contribution >= 0.6 is 11.8 Å². The molecule has 0 fully saturated rings. The summed E-state index contributed by atoms with van der Waals surface area (Å²) in [6.07, 6.45) is 0. The quantitative estimate of drug-likeness (QED) is 0.160. The molecule has 2 aliphatic heterocycles. The summed E-state index contributed by atoms with van der Waals surface area (Å²) < 4.78 is 6.58. The Labute approximate surface area is 355 Å². The van der Waals surface area contributed by atoms with Gasteiger partial charge in [0, 0.05) is 38.2 Å². The van der Waals surface area contributed by atoms with E-state index in [2.05, 4.69) is 228 Å². The van der Waals surface area contributed by atoms with Crippen molar-refractivity contribution in [1.82, 2.24) is 0 Å². The SMILES string of the molecule is Cc1ccc(N2c3ccccc3Oc3cc(-c4ccc(N(c5ccc(-c6ccccc6)cc5)c5ccc6c(c5)Sc5ccccc5N6c5ccccc5)cc4)ccc32)cc1. The lowest BCUT2D eigenvalue weighted by molar-refractivity contribution is 0.477. The summed E-state index contributed by atoms with van der Waals surface area (Å²) >= 11 is 1.82. The fourth-order valence-electron chi connectivity index (χ4n) is 8.33. The Kier molecular flexibility index (Phi) is 8.94. The van der Waals surface area contributed by atoms with Gasteiger partial charge in [0.15, 0.2) is 11.5 Å². The number of fused-ring (bicyclic) bond motifs is 4. The third-order valence-electron chi connectivity index (χ3n) is 11.3. The topological polar surface area (TPSA) is 19.0 Å². The predicted octanol–water partition coefficient (Wildman–Crippen LogP) is 16.3. The molecule has 286 valence electrons. The van der Waals surface area contributed by atoms with Gasteiger partial charge in [-0.05, 0) is 132 Å². The molecule has 5 heteroatoms. The van der Waals surface area contributed by atoms with E-state index in [9.17, 15) is 0 Å². The van der Waals surface area contributed by atoms with Crippen molar-refractivity contribution in [2.45, 2.75) is 16.7 Å². The first kappa shape index (κ1) is 35.7. The maximum absolute atomic E-state index is 6.58. The number of hydrogen-bond acceptors (Lipinski definition) is 5. The van der Waals surface area contributed by atoms with Gasteiger partial charge < -0.3 is 19.4 Å². The van der Waals surface area contributed by atoms with Gasteiger partial charge in [0.25, 0.3) is 0 Å². The molecule has 0 atom stereocenters. The molecular weight excluding hydrogens is 751 g/mol. The van der Waals surface area contributed by atoms with Crippen LogP contribution in [-0.4, -0.2) is 0 Å². The van der Waals surface area contributed by atoms with E-state index in [-0.39, 0.29) is 0 Å². The molecule has 0 aromatic heterocycles. The average Bonchev–Trinajstić information content (AvgIpc) is 3.31. The first-order valence-corrected chi connectivity index (χ1v) is 21.1. The van der Waals surface area contributed by atoms with Gasteiger partial charge in [-0.3, -0.25) is 0 Å². The highest BCUT2D eigenvalue weighted by molar-refractivity contribution is 7.99. The number of hydrogen-bond donors (Lipinski definition) is 0. The van der Waals surface area contributed by atoms with E-state index in [1.54, 1.807) is 0 Å². The lowest BCUT2D eigenvalue weighted by atomic mass is 10.0. The number of nitrogens with zero attached hydrogens (tertiary/aromatic N) is 3. The third kappa shape index (κ3) is 6.46. The molecule has 2 heterocycles. The van der Waals surface area contributed by atoms with Crippen molar-refractivity contribution >= 4 is 62.9 Å². The summed E-state index contributed by atoms with van der Waals surface area (Å²) in [6.45, 7) is 2.12. The minimum atomic E-state index is 0.827. The highest BCUT2D eigenvalue weighted by atomic mass is 32.2. The maximum atomic E-state index is 6.58. The molecule has 11 rings (SSSR count). The first-order chi connectivity index (χ1) is 29.6. The molecule has 0 spiro atoms. The van der Waals surface area contributed by atoms with Crippen molar-refractivity contribution in [3.8, 4) is 33.8 Å². The van der Waals surface area contributed by atoms with Crippen LogP contribution in [0.1, 0.15) is 5.56 Å². The first-order valence-electron chi connectivity index (χ1n) is 20.2. The zero-order valence-electron chi connectivity index (χ0n) is 32.9. The Morgan fingerprint density at radius 1 is 0.367 bits per heavy atom. The summed E-state index contributed by atoms with van der Waals surface area (Å²) in [7, 11) is 0. The number of anilines is 9. The van der Waals surface area contributed by atoms with Gasteiger partial charge in [0.1, 0.15) is 0 Å². The zero-order valence-corrected chi connectivity index (χ0v) is 33.8. The summed E-state index contributed by atoms with van der Waals surface area (Å²) in [5.41, 5.74) is 15.7. The predicted molar refractivity (Wildman–Crippen MR) is 250 cm³/mol. The molecule has 2 aliphatic rings. The minimum absolute atomic E-state index is 0.827. The third-order valence-corrected chi connectivity index (χ3v) is 12.4. The van der Waals surface area contributed by atoms with E-state index in [0.29, 0.717) is 0 Å². The summed E-state index contributed by atoms with van der Waals surface area (Å²) in [4.78, 5) is 9.45. The van der Waals surface area contributed by atoms with Gasteiger partial charge in [0.05, 0.1) is 22.7 Å². The van der Waals surface area contributed by atoms with Gasteiger partial charge in [-0.25, -0.2) is 0 Å². The number of benzene rings is 9. The van der Waals surface area contributed by atoms with E-state index in [1.165, 1.54) is 37.9 Å². The van der Waals surface area contributed by atoms with Crippen LogP contribution in [0.2, 0.25) is 0 Å². The van der Waals surface area contributed by atoms with Crippen LogP contribution in [0, 0.1) is 6.92 Å². The van der Waals surface area contributed by atoms with Crippen molar-refractivity contribution < 1.29 is 4.74 Å². The van der Waals surface area contributed by atoms with E-state index < -0.39 is 0 Å². The molecule has 60 heavy (non-hydrogen) atoms. The van der Waals surface area contributed by atoms with Crippen LogP contribution < -0.4 is 19.4 Å². The van der Waals surface area contributed by atoms with Gasteiger partial charge in [-0.15, -0.1) is 0 Å². The standard InChI is InChI=1S/C55H39N3OS/c1-38-20-27-46(28-21-38)57-48-16-8-10-18-52(48)59-53-36-42(26-34-49(53)57)41-24-31-45(32-25-41)56(44-29-22-40(23-30-44)39-12-4-2-5-13-39)47-33-35-51-55(37-47)60-54-19-11-9-17-50(54)58(51)43-14-6-3-7-15-43/h2-37H,1H3. The average molecular weight is 790 g/mol. The molecule has 0 radical (unpaired) electrons. The molecule has 0 aliphatic carbocycles. The van der Waals surface area contributed by atoms with Gasteiger partial charge in [-0.1, -0.05) is 133 Å². The van der Waals surface area contributed by atoms with Crippen molar-refractivity contribution in [1.29, 1.82) is 0 Å². The molecule has 0 amide bonds. The van der Waals surface area contributed by atoms with Crippen molar-refractivity contribution in [2.75, 3.05) is 14.7 Å². The van der Waals surface area contributed by atoms with Crippen molar-refractivity contribution in [3.05, 3.63) is 224 Å². The number of rotatable bonds is 7. The highest BCUT2D eigenvalue weighted by Crippen LogP contribution is 2.54. The second-order valence-electron chi connectivity index (χ2n) is 15.1. The smallest absolute Gasteiger partial charge is 0.152 e. The monoisotopic (exact) mass is 789 g/mol. The Hall–Kier alpha value is -7.47. The lowest BCUT2D eigenvalue weighted by Gasteiger charge is -2.34. The maximum Gasteiger partial charge on any atom is 0.152 e. The van der Waals surface area contributed by atoms with E-state index >= 15 is 0 Å². The Morgan fingerprint density at radius 3 is 1.60 bits per heavy atom. The summed E-state index contributed by atoms with van der Waals surface area (Å²) in [6, 6.07) is 78.0. The second-order valence-corrected chi connectivity index (χ2v) is 16.2. The number of para-hydroxylation sites is 4. The normalized spacial score (nSPS) is 12.4. The van der Waals surface area contributed by atoms with E-state index in [4.69, 9.17) is 4.74 Å². The van der Waals surface area contributed by atoms with Crippen LogP contribution in [-0.2, 0) is 0 Å². The van der Waals surface area contributed by atoms with Crippen molar-refractivity contribution in [3.63, 3.8) is 0 Å². The fourth-order valence-corrected chi connectivity index (χ4v) is 9.42. The van der Waals surface area contributed by atoms with Crippen LogP contribution in [0.4, 0.5) is 51.2 Å². The Morgan fingerprint density at radius 2 is 0.867 bits per heavy atom. The second kappa shape index (κ2) is 15.0. The minimum Gasteiger partial charge on any atom is -0.453 e. The largest absolute Gasteiger partial charge is 0.453 e. The molecule has 9 aromatic rings.